The maximum Gasteiger partial charge on any atom is 0.337 e. The van der Waals surface area contributed by atoms with Crippen molar-refractivity contribution >= 4 is 27.7 Å². The van der Waals surface area contributed by atoms with E-state index in [2.05, 4.69) is 15.9 Å². The standard InChI is InChI=1S/C17H13BrO3/c1-21-17(20)11-5-6-12-13-4-2-3-10(7-8-18)15(13)16(19)14(12)9-11/h2-6,9H,7-8H2,1H3. The summed E-state index contributed by atoms with van der Waals surface area (Å²) in [5.41, 5.74) is 4.61. The van der Waals surface area contributed by atoms with Gasteiger partial charge in [-0.25, -0.2) is 4.79 Å². The highest BCUT2D eigenvalue weighted by Crippen LogP contribution is 2.39. The first kappa shape index (κ1) is 14.0. The second-order valence-corrected chi connectivity index (χ2v) is 5.65. The smallest absolute Gasteiger partial charge is 0.337 e. The molecule has 21 heavy (non-hydrogen) atoms. The Morgan fingerprint density at radius 1 is 1.14 bits per heavy atom. The third-order valence-corrected chi connectivity index (χ3v) is 4.11. The molecule has 0 atom stereocenters. The van der Waals surface area contributed by atoms with Gasteiger partial charge < -0.3 is 4.74 Å². The number of carbonyl (C=O) groups excluding carboxylic acids is 2. The van der Waals surface area contributed by atoms with Gasteiger partial charge in [-0.1, -0.05) is 40.2 Å². The van der Waals surface area contributed by atoms with Crippen LogP contribution in [0.15, 0.2) is 36.4 Å². The van der Waals surface area contributed by atoms with Gasteiger partial charge in [-0.2, -0.15) is 0 Å². The molecule has 0 unspecified atom stereocenters. The number of hydrogen-bond acceptors (Lipinski definition) is 3. The minimum Gasteiger partial charge on any atom is -0.465 e. The van der Waals surface area contributed by atoms with Crippen molar-refractivity contribution in [1.82, 2.24) is 0 Å². The molecule has 2 aromatic rings. The highest BCUT2D eigenvalue weighted by molar-refractivity contribution is 9.09. The fourth-order valence-corrected chi connectivity index (χ4v) is 3.18. The van der Waals surface area contributed by atoms with Crippen molar-refractivity contribution in [2.75, 3.05) is 12.4 Å². The van der Waals surface area contributed by atoms with Gasteiger partial charge in [0.15, 0.2) is 5.78 Å². The highest BCUT2D eigenvalue weighted by Gasteiger charge is 2.29. The maximum absolute atomic E-state index is 12.7. The quantitative estimate of drug-likeness (QED) is 0.538. The average molecular weight is 345 g/mol. The first-order valence-electron chi connectivity index (χ1n) is 6.62. The summed E-state index contributed by atoms with van der Waals surface area (Å²) < 4.78 is 4.71. The number of rotatable bonds is 3. The first-order valence-corrected chi connectivity index (χ1v) is 7.74. The van der Waals surface area contributed by atoms with Gasteiger partial charge in [-0.3, -0.25) is 4.79 Å². The molecular weight excluding hydrogens is 332 g/mol. The van der Waals surface area contributed by atoms with Crippen LogP contribution in [0, 0.1) is 0 Å². The van der Waals surface area contributed by atoms with Crippen LogP contribution in [0.5, 0.6) is 0 Å². The van der Waals surface area contributed by atoms with Crippen molar-refractivity contribution in [2.24, 2.45) is 0 Å². The molecule has 1 aliphatic rings. The van der Waals surface area contributed by atoms with Crippen LogP contribution in [-0.2, 0) is 11.2 Å². The van der Waals surface area contributed by atoms with Crippen LogP contribution in [0.4, 0.5) is 0 Å². The van der Waals surface area contributed by atoms with Crippen molar-refractivity contribution in [3.8, 4) is 11.1 Å². The topological polar surface area (TPSA) is 43.4 Å². The van der Waals surface area contributed by atoms with Gasteiger partial charge in [0.25, 0.3) is 0 Å². The zero-order valence-corrected chi connectivity index (χ0v) is 13.1. The number of ketones is 1. The van der Waals surface area contributed by atoms with E-state index in [4.69, 9.17) is 4.74 Å². The van der Waals surface area contributed by atoms with Crippen molar-refractivity contribution in [3.05, 3.63) is 58.7 Å². The minimum atomic E-state index is -0.428. The number of benzene rings is 2. The van der Waals surface area contributed by atoms with E-state index in [1.165, 1.54) is 7.11 Å². The van der Waals surface area contributed by atoms with E-state index < -0.39 is 5.97 Å². The Kier molecular flexibility index (Phi) is 3.64. The number of alkyl halides is 1. The number of methoxy groups -OCH3 is 1. The van der Waals surface area contributed by atoms with Gasteiger partial charge in [0.1, 0.15) is 0 Å². The maximum atomic E-state index is 12.7. The van der Waals surface area contributed by atoms with Gasteiger partial charge >= 0.3 is 5.97 Å². The Bertz CT molecular complexity index is 750. The van der Waals surface area contributed by atoms with E-state index in [-0.39, 0.29) is 5.78 Å². The molecule has 0 bridgehead atoms. The number of esters is 1. The number of hydrogen-bond donors (Lipinski definition) is 0. The summed E-state index contributed by atoms with van der Waals surface area (Å²) in [6, 6.07) is 11.0. The van der Waals surface area contributed by atoms with Crippen LogP contribution in [0.25, 0.3) is 11.1 Å². The zero-order valence-electron chi connectivity index (χ0n) is 11.5. The van der Waals surface area contributed by atoms with E-state index in [0.29, 0.717) is 11.1 Å². The van der Waals surface area contributed by atoms with Gasteiger partial charge in [0, 0.05) is 16.5 Å². The van der Waals surface area contributed by atoms with Crippen molar-refractivity contribution < 1.29 is 14.3 Å². The summed E-state index contributed by atoms with van der Waals surface area (Å²) in [5, 5.41) is 0.806. The van der Waals surface area contributed by atoms with E-state index in [1.807, 2.05) is 24.3 Å². The Morgan fingerprint density at radius 2 is 1.95 bits per heavy atom. The lowest BCUT2D eigenvalue weighted by Gasteiger charge is -2.05. The third kappa shape index (κ3) is 2.20. The molecule has 0 saturated heterocycles. The fourth-order valence-electron chi connectivity index (χ4n) is 2.75. The molecule has 106 valence electrons. The molecule has 2 aromatic carbocycles. The Balaban J connectivity index is 2.16. The molecule has 3 rings (SSSR count). The molecule has 0 N–H and O–H groups in total. The molecular formula is C17H13BrO3. The van der Waals surface area contributed by atoms with E-state index in [1.54, 1.807) is 12.1 Å². The number of halogens is 1. The summed E-state index contributed by atoms with van der Waals surface area (Å²) in [6.07, 6.45) is 0.798. The molecule has 0 fully saturated rings. The number of ether oxygens (including phenoxy) is 1. The number of fused-ring (bicyclic) bond motifs is 3. The van der Waals surface area contributed by atoms with Crippen LogP contribution < -0.4 is 0 Å². The normalized spacial score (nSPS) is 12.0. The second kappa shape index (κ2) is 5.45. The molecule has 1 aliphatic carbocycles. The lowest BCUT2D eigenvalue weighted by molar-refractivity contribution is 0.0601. The SMILES string of the molecule is COC(=O)c1ccc2c(c1)C(=O)c1c(CCBr)cccc1-2. The van der Waals surface area contributed by atoms with E-state index >= 15 is 0 Å². The zero-order chi connectivity index (χ0) is 15.0. The van der Waals surface area contributed by atoms with E-state index in [0.717, 1.165) is 34.0 Å². The molecule has 4 heteroatoms. The van der Waals surface area contributed by atoms with Crippen LogP contribution in [0.2, 0.25) is 0 Å². The summed E-state index contributed by atoms with van der Waals surface area (Å²) in [7, 11) is 1.33. The fraction of sp³-hybridized carbons (Fsp3) is 0.176. The highest BCUT2D eigenvalue weighted by atomic mass is 79.9. The average Bonchev–Trinajstić information content (AvgIpc) is 2.80. The van der Waals surface area contributed by atoms with Crippen LogP contribution >= 0.6 is 15.9 Å². The monoisotopic (exact) mass is 344 g/mol. The third-order valence-electron chi connectivity index (χ3n) is 3.72. The summed E-state index contributed by atoms with van der Waals surface area (Å²) in [6.45, 7) is 0. The van der Waals surface area contributed by atoms with Gasteiger partial charge in [-0.05, 0) is 35.2 Å². The molecule has 0 spiro atoms. The first-order chi connectivity index (χ1) is 10.2. The van der Waals surface area contributed by atoms with Crippen molar-refractivity contribution in [2.45, 2.75) is 6.42 Å². The number of carbonyl (C=O) groups is 2. The molecule has 0 heterocycles. The lowest BCUT2D eigenvalue weighted by Crippen LogP contribution is -2.04. The largest absolute Gasteiger partial charge is 0.465 e. The molecule has 0 amide bonds. The predicted molar refractivity (Wildman–Crippen MR) is 84.1 cm³/mol. The Morgan fingerprint density at radius 3 is 2.67 bits per heavy atom. The molecule has 0 aliphatic heterocycles. The lowest BCUT2D eigenvalue weighted by atomic mass is 9.99. The summed E-state index contributed by atoms with van der Waals surface area (Å²) in [4.78, 5) is 24.3. The molecule has 0 radical (unpaired) electrons. The molecule has 0 saturated carbocycles. The Hall–Kier alpha value is -1.94. The number of aryl methyl sites for hydroxylation is 1. The van der Waals surface area contributed by atoms with Crippen LogP contribution in [0.3, 0.4) is 0 Å². The second-order valence-electron chi connectivity index (χ2n) is 4.86. The van der Waals surface area contributed by atoms with Crippen LogP contribution in [-0.4, -0.2) is 24.2 Å². The van der Waals surface area contributed by atoms with E-state index in [9.17, 15) is 9.59 Å². The van der Waals surface area contributed by atoms with Gasteiger partial charge in [0.2, 0.25) is 0 Å². The minimum absolute atomic E-state index is 0.0118. The predicted octanol–water partition coefficient (Wildman–Crippen LogP) is 3.62. The molecule has 0 aromatic heterocycles. The van der Waals surface area contributed by atoms with Crippen molar-refractivity contribution in [3.63, 3.8) is 0 Å². The van der Waals surface area contributed by atoms with Crippen LogP contribution in [0.1, 0.15) is 31.8 Å². The Labute approximate surface area is 131 Å². The summed E-state index contributed by atoms with van der Waals surface area (Å²) in [5.74, 6) is -0.440. The molecule has 3 nitrogen and oxygen atoms in total. The van der Waals surface area contributed by atoms with Gasteiger partial charge in [-0.15, -0.1) is 0 Å². The van der Waals surface area contributed by atoms with Gasteiger partial charge in [0.05, 0.1) is 12.7 Å². The van der Waals surface area contributed by atoms with Crippen molar-refractivity contribution in [1.29, 1.82) is 0 Å². The summed E-state index contributed by atoms with van der Waals surface area (Å²) >= 11 is 3.42.